The van der Waals surface area contributed by atoms with Gasteiger partial charge in [0.2, 0.25) is 0 Å². The van der Waals surface area contributed by atoms with Gasteiger partial charge in [0.25, 0.3) is 0 Å². The predicted molar refractivity (Wildman–Crippen MR) is 79.3 cm³/mol. The fourth-order valence-corrected chi connectivity index (χ4v) is 2.71. The molecule has 1 N–H and O–H groups in total. The minimum absolute atomic E-state index is 0.215. The molecule has 4 nitrogen and oxygen atoms in total. The van der Waals surface area contributed by atoms with Crippen molar-refractivity contribution in [2.24, 2.45) is 5.92 Å². The van der Waals surface area contributed by atoms with Crippen LogP contribution in [0.25, 0.3) is 0 Å². The lowest BCUT2D eigenvalue weighted by molar-refractivity contribution is 0.0572. The van der Waals surface area contributed by atoms with Crippen LogP contribution in [0.1, 0.15) is 19.8 Å². The van der Waals surface area contributed by atoms with Crippen molar-refractivity contribution in [3.63, 3.8) is 0 Å². The zero-order valence-electron chi connectivity index (χ0n) is 12.4. The Balaban J connectivity index is 1.78. The molecule has 0 bridgehead atoms. The van der Waals surface area contributed by atoms with Gasteiger partial charge in [-0.1, -0.05) is 12.1 Å². The molecule has 20 heavy (non-hydrogen) atoms. The maximum atomic E-state index is 9.69. The Morgan fingerprint density at radius 2 is 2.10 bits per heavy atom. The molecule has 1 saturated heterocycles. The number of aliphatic hydroxyl groups excluding tert-OH is 1. The Morgan fingerprint density at radius 3 is 2.80 bits per heavy atom. The number of hydrogen-bond acceptors (Lipinski definition) is 4. The first-order valence-corrected chi connectivity index (χ1v) is 7.37. The number of aliphatic hydroxyl groups is 1. The number of likely N-dealkylation sites (tertiary alicyclic amines) is 1. The van der Waals surface area contributed by atoms with Gasteiger partial charge in [-0.2, -0.15) is 0 Å². The summed E-state index contributed by atoms with van der Waals surface area (Å²) in [5.74, 6) is 1.96. The van der Waals surface area contributed by atoms with E-state index in [-0.39, 0.29) is 6.10 Å². The second kappa shape index (κ2) is 7.50. The van der Waals surface area contributed by atoms with Crippen LogP contribution in [0.15, 0.2) is 24.3 Å². The summed E-state index contributed by atoms with van der Waals surface area (Å²) in [7, 11) is 1.65. The van der Waals surface area contributed by atoms with E-state index in [0.717, 1.165) is 44.0 Å². The van der Waals surface area contributed by atoms with Crippen molar-refractivity contribution in [1.82, 2.24) is 4.90 Å². The summed E-state index contributed by atoms with van der Waals surface area (Å²) in [6.07, 6.45) is 2.07. The smallest absolute Gasteiger partial charge is 0.161 e. The summed E-state index contributed by atoms with van der Waals surface area (Å²) in [6, 6.07) is 7.71. The molecule has 1 aromatic carbocycles. The largest absolute Gasteiger partial charge is 0.493 e. The van der Waals surface area contributed by atoms with E-state index < -0.39 is 0 Å². The van der Waals surface area contributed by atoms with Crippen LogP contribution in [-0.2, 0) is 0 Å². The van der Waals surface area contributed by atoms with Gasteiger partial charge >= 0.3 is 0 Å². The Morgan fingerprint density at radius 1 is 1.35 bits per heavy atom. The SMILES string of the molecule is COc1ccccc1OCCN1CCCC(C(C)O)C1. The molecule has 2 unspecified atom stereocenters. The summed E-state index contributed by atoms with van der Waals surface area (Å²) in [4.78, 5) is 2.37. The van der Waals surface area contributed by atoms with Crippen molar-refractivity contribution >= 4 is 0 Å². The van der Waals surface area contributed by atoms with Gasteiger partial charge in [0.1, 0.15) is 6.61 Å². The fourth-order valence-electron chi connectivity index (χ4n) is 2.71. The van der Waals surface area contributed by atoms with E-state index in [1.54, 1.807) is 7.11 Å². The first-order chi connectivity index (χ1) is 9.70. The first kappa shape index (κ1) is 15.1. The van der Waals surface area contributed by atoms with Crippen molar-refractivity contribution in [3.05, 3.63) is 24.3 Å². The normalized spacial score (nSPS) is 21.4. The Bertz CT molecular complexity index is 408. The van der Waals surface area contributed by atoms with Gasteiger partial charge in [-0.05, 0) is 44.4 Å². The molecular weight excluding hydrogens is 254 g/mol. The summed E-state index contributed by atoms with van der Waals surface area (Å²) in [5, 5.41) is 9.69. The van der Waals surface area contributed by atoms with Crippen molar-refractivity contribution in [1.29, 1.82) is 0 Å². The topological polar surface area (TPSA) is 41.9 Å². The van der Waals surface area contributed by atoms with E-state index in [1.165, 1.54) is 0 Å². The van der Waals surface area contributed by atoms with Crippen molar-refractivity contribution in [3.8, 4) is 11.5 Å². The molecule has 1 heterocycles. The minimum Gasteiger partial charge on any atom is -0.493 e. The highest BCUT2D eigenvalue weighted by Crippen LogP contribution is 2.26. The molecule has 0 saturated carbocycles. The lowest BCUT2D eigenvalue weighted by atomic mass is 9.93. The molecule has 4 heteroatoms. The number of para-hydroxylation sites is 2. The van der Waals surface area contributed by atoms with E-state index in [2.05, 4.69) is 4.90 Å². The van der Waals surface area contributed by atoms with E-state index in [0.29, 0.717) is 12.5 Å². The highest BCUT2D eigenvalue weighted by atomic mass is 16.5. The van der Waals surface area contributed by atoms with E-state index >= 15 is 0 Å². The molecule has 0 aromatic heterocycles. The summed E-state index contributed by atoms with van der Waals surface area (Å²) < 4.78 is 11.1. The van der Waals surface area contributed by atoms with Crippen LogP contribution in [0.3, 0.4) is 0 Å². The van der Waals surface area contributed by atoms with Crippen LogP contribution in [0.5, 0.6) is 11.5 Å². The molecule has 0 spiro atoms. The predicted octanol–water partition coefficient (Wildman–Crippen LogP) is 2.17. The van der Waals surface area contributed by atoms with Crippen LogP contribution < -0.4 is 9.47 Å². The number of nitrogens with zero attached hydrogens (tertiary/aromatic N) is 1. The van der Waals surface area contributed by atoms with Crippen molar-refractivity contribution in [2.75, 3.05) is 33.4 Å². The molecule has 1 aliphatic rings. The number of methoxy groups -OCH3 is 1. The minimum atomic E-state index is -0.215. The molecule has 1 aromatic rings. The quantitative estimate of drug-likeness (QED) is 0.866. The van der Waals surface area contributed by atoms with Crippen LogP contribution in [0, 0.1) is 5.92 Å². The van der Waals surface area contributed by atoms with Crippen LogP contribution in [0.2, 0.25) is 0 Å². The second-order valence-electron chi connectivity index (χ2n) is 5.44. The molecule has 2 atom stereocenters. The molecule has 2 rings (SSSR count). The molecule has 0 amide bonds. The molecule has 1 fully saturated rings. The van der Waals surface area contributed by atoms with E-state index in [4.69, 9.17) is 9.47 Å². The van der Waals surface area contributed by atoms with E-state index in [9.17, 15) is 5.11 Å². The summed E-state index contributed by atoms with van der Waals surface area (Å²) in [6.45, 7) is 5.49. The van der Waals surface area contributed by atoms with Crippen LogP contribution in [0.4, 0.5) is 0 Å². The first-order valence-electron chi connectivity index (χ1n) is 7.37. The van der Waals surface area contributed by atoms with Gasteiger partial charge < -0.3 is 14.6 Å². The van der Waals surface area contributed by atoms with Gasteiger partial charge in [0, 0.05) is 13.1 Å². The highest BCUT2D eigenvalue weighted by molar-refractivity contribution is 5.39. The number of ether oxygens (including phenoxy) is 2. The third kappa shape index (κ3) is 4.12. The lowest BCUT2D eigenvalue weighted by Crippen LogP contribution is -2.41. The molecule has 112 valence electrons. The van der Waals surface area contributed by atoms with Crippen LogP contribution in [-0.4, -0.2) is 49.5 Å². The van der Waals surface area contributed by atoms with Crippen molar-refractivity contribution in [2.45, 2.75) is 25.9 Å². The maximum Gasteiger partial charge on any atom is 0.161 e. The average molecular weight is 279 g/mol. The Hall–Kier alpha value is -1.26. The van der Waals surface area contributed by atoms with Gasteiger partial charge in [-0.3, -0.25) is 4.90 Å². The maximum absolute atomic E-state index is 9.69. The van der Waals surface area contributed by atoms with Crippen molar-refractivity contribution < 1.29 is 14.6 Å². The van der Waals surface area contributed by atoms with Gasteiger partial charge in [-0.25, -0.2) is 0 Å². The lowest BCUT2D eigenvalue weighted by Gasteiger charge is -2.34. The number of hydrogen-bond donors (Lipinski definition) is 1. The molecule has 0 aliphatic carbocycles. The Labute approximate surface area is 121 Å². The number of piperidine rings is 1. The zero-order chi connectivity index (χ0) is 14.4. The number of benzene rings is 1. The summed E-state index contributed by atoms with van der Waals surface area (Å²) in [5.41, 5.74) is 0. The van der Waals surface area contributed by atoms with Gasteiger partial charge in [-0.15, -0.1) is 0 Å². The van der Waals surface area contributed by atoms with Gasteiger partial charge in [0.05, 0.1) is 13.2 Å². The second-order valence-corrected chi connectivity index (χ2v) is 5.44. The molecule has 1 aliphatic heterocycles. The molecule has 0 radical (unpaired) electrons. The summed E-state index contributed by atoms with van der Waals surface area (Å²) >= 11 is 0. The Kier molecular flexibility index (Phi) is 5.68. The van der Waals surface area contributed by atoms with Crippen LogP contribution >= 0.6 is 0 Å². The standard InChI is InChI=1S/C16H25NO3/c1-13(18)14-6-5-9-17(12-14)10-11-20-16-8-4-3-7-15(16)19-2/h3-4,7-8,13-14,18H,5-6,9-12H2,1-2H3. The fraction of sp³-hybridized carbons (Fsp3) is 0.625. The zero-order valence-corrected chi connectivity index (χ0v) is 12.4. The molecular formula is C16H25NO3. The highest BCUT2D eigenvalue weighted by Gasteiger charge is 2.23. The van der Waals surface area contributed by atoms with Gasteiger partial charge in [0.15, 0.2) is 11.5 Å². The third-order valence-corrected chi connectivity index (χ3v) is 3.96. The van der Waals surface area contributed by atoms with E-state index in [1.807, 2.05) is 31.2 Å². The average Bonchev–Trinajstić information content (AvgIpc) is 2.48. The monoisotopic (exact) mass is 279 g/mol. The number of rotatable bonds is 6. The third-order valence-electron chi connectivity index (χ3n) is 3.96.